The van der Waals surface area contributed by atoms with Gasteiger partial charge in [0.1, 0.15) is 0 Å². The highest BCUT2D eigenvalue weighted by Gasteiger charge is 2.29. The first-order chi connectivity index (χ1) is 9.90. The highest BCUT2D eigenvalue weighted by atomic mass is 19.1. The Balaban J connectivity index is 2.01. The van der Waals surface area contributed by atoms with Crippen molar-refractivity contribution in [3.8, 4) is 5.75 Å². The molecule has 0 radical (unpaired) electrons. The zero-order valence-electron chi connectivity index (χ0n) is 13.7. The lowest BCUT2D eigenvalue weighted by atomic mass is 9.88. The number of methoxy groups -OCH3 is 1. The van der Waals surface area contributed by atoms with Gasteiger partial charge in [-0.05, 0) is 70.0 Å². The van der Waals surface area contributed by atoms with E-state index < -0.39 is 0 Å². The molecule has 1 aromatic carbocycles. The minimum absolute atomic E-state index is 0.147. The molecule has 1 aromatic rings. The highest BCUT2D eigenvalue weighted by Crippen LogP contribution is 2.35. The largest absolute Gasteiger partial charge is 0.494 e. The molecular formula is C18H28FNO. The summed E-state index contributed by atoms with van der Waals surface area (Å²) in [5.41, 5.74) is 0.941. The number of nitrogens with one attached hydrogen (secondary N) is 1. The molecule has 1 saturated carbocycles. The van der Waals surface area contributed by atoms with Crippen LogP contribution in [0, 0.1) is 17.7 Å². The van der Waals surface area contributed by atoms with Crippen LogP contribution in [0.4, 0.5) is 4.39 Å². The van der Waals surface area contributed by atoms with Gasteiger partial charge in [-0.1, -0.05) is 18.6 Å². The van der Waals surface area contributed by atoms with E-state index in [1.807, 2.05) is 12.1 Å². The van der Waals surface area contributed by atoms with E-state index in [1.165, 1.54) is 26.4 Å². The van der Waals surface area contributed by atoms with Gasteiger partial charge in [0, 0.05) is 5.54 Å². The molecule has 3 heteroatoms. The van der Waals surface area contributed by atoms with Gasteiger partial charge in [-0.25, -0.2) is 4.39 Å². The number of ether oxygens (including phenoxy) is 1. The number of hydrogen-bond donors (Lipinski definition) is 1. The lowest BCUT2D eigenvalue weighted by molar-refractivity contribution is 0.314. The fraction of sp³-hybridized carbons (Fsp3) is 0.667. The Labute approximate surface area is 128 Å². The van der Waals surface area contributed by atoms with Crippen LogP contribution in [0.2, 0.25) is 0 Å². The summed E-state index contributed by atoms with van der Waals surface area (Å²) in [6.07, 6.45) is 4.53. The van der Waals surface area contributed by atoms with Crippen LogP contribution in [0.3, 0.4) is 0 Å². The van der Waals surface area contributed by atoms with Gasteiger partial charge in [-0.15, -0.1) is 0 Å². The molecule has 2 rings (SSSR count). The van der Waals surface area contributed by atoms with E-state index >= 15 is 0 Å². The summed E-state index contributed by atoms with van der Waals surface area (Å²) in [5.74, 6) is 1.39. The molecule has 1 aliphatic rings. The number of hydrogen-bond acceptors (Lipinski definition) is 2. The van der Waals surface area contributed by atoms with Crippen LogP contribution in [0.1, 0.15) is 45.6 Å². The van der Waals surface area contributed by atoms with Gasteiger partial charge in [0.15, 0.2) is 11.6 Å². The Morgan fingerprint density at radius 3 is 2.62 bits per heavy atom. The first-order valence-corrected chi connectivity index (χ1v) is 7.97. The molecule has 1 fully saturated rings. The predicted molar refractivity (Wildman–Crippen MR) is 85.2 cm³/mol. The average Bonchev–Trinajstić information content (AvgIpc) is 2.85. The van der Waals surface area contributed by atoms with E-state index in [0.29, 0.717) is 17.6 Å². The molecule has 21 heavy (non-hydrogen) atoms. The van der Waals surface area contributed by atoms with Gasteiger partial charge < -0.3 is 10.1 Å². The first-order valence-electron chi connectivity index (χ1n) is 7.97. The van der Waals surface area contributed by atoms with E-state index in [2.05, 4.69) is 26.1 Å². The zero-order valence-corrected chi connectivity index (χ0v) is 13.7. The Hall–Kier alpha value is -1.09. The van der Waals surface area contributed by atoms with Crippen LogP contribution in [-0.4, -0.2) is 19.2 Å². The first kappa shape index (κ1) is 16.3. The molecule has 0 bridgehead atoms. The van der Waals surface area contributed by atoms with Gasteiger partial charge in [-0.3, -0.25) is 0 Å². The van der Waals surface area contributed by atoms with Crippen molar-refractivity contribution in [2.24, 2.45) is 11.8 Å². The third kappa shape index (κ3) is 4.44. The third-order valence-corrected chi connectivity index (χ3v) is 4.46. The number of halogens is 1. The van der Waals surface area contributed by atoms with Crippen molar-refractivity contribution < 1.29 is 9.13 Å². The van der Waals surface area contributed by atoms with Crippen LogP contribution < -0.4 is 10.1 Å². The van der Waals surface area contributed by atoms with E-state index in [0.717, 1.165) is 18.5 Å². The summed E-state index contributed by atoms with van der Waals surface area (Å²) in [6.45, 7) is 7.61. The summed E-state index contributed by atoms with van der Waals surface area (Å²) in [6, 6.07) is 5.46. The predicted octanol–water partition coefficient (Wildman–Crippen LogP) is 4.18. The van der Waals surface area contributed by atoms with Crippen molar-refractivity contribution in [3.05, 3.63) is 29.6 Å². The van der Waals surface area contributed by atoms with Crippen LogP contribution in [0.25, 0.3) is 0 Å². The fourth-order valence-corrected chi connectivity index (χ4v) is 3.24. The molecule has 2 unspecified atom stereocenters. The van der Waals surface area contributed by atoms with E-state index in [9.17, 15) is 4.39 Å². The number of benzene rings is 1. The lowest BCUT2D eigenvalue weighted by Crippen LogP contribution is -2.40. The molecule has 2 nitrogen and oxygen atoms in total. The van der Waals surface area contributed by atoms with Crippen molar-refractivity contribution in [2.75, 3.05) is 13.7 Å². The van der Waals surface area contributed by atoms with Crippen molar-refractivity contribution in [1.82, 2.24) is 5.32 Å². The maximum Gasteiger partial charge on any atom is 0.168 e. The van der Waals surface area contributed by atoms with Gasteiger partial charge in [0.2, 0.25) is 0 Å². The molecular weight excluding hydrogens is 265 g/mol. The summed E-state index contributed by atoms with van der Waals surface area (Å²) < 4.78 is 19.4. The molecule has 0 amide bonds. The van der Waals surface area contributed by atoms with Crippen molar-refractivity contribution in [1.29, 1.82) is 0 Å². The molecule has 0 aromatic heterocycles. The third-order valence-electron chi connectivity index (χ3n) is 4.46. The quantitative estimate of drug-likeness (QED) is 0.879. The second-order valence-corrected chi connectivity index (χ2v) is 7.22. The van der Waals surface area contributed by atoms with Crippen LogP contribution >= 0.6 is 0 Å². The van der Waals surface area contributed by atoms with Crippen LogP contribution in [-0.2, 0) is 6.42 Å². The molecule has 1 aliphatic carbocycles. The standard InChI is InChI=1S/C18H28FNO/c1-18(2,3)20-12-15-9-5-7-13(15)11-14-8-6-10-16(21-4)17(14)19/h6,8,10,13,15,20H,5,7,9,11-12H2,1-4H3. The molecule has 0 heterocycles. The molecule has 118 valence electrons. The second kappa shape index (κ2) is 6.78. The van der Waals surface area contributed by atoms with Crippen LogP contribution in [0.5, 0.6) is 5.75 Å². The summed E-state index contributed by atoms with van der Waals surface area (Å²) >= 11 is 0. The molecule has 2 atom stereocenters. The SMILES string of the molecule is COc1cccc(CC2CCCC2CNC(C)(C)C)c1F. The molecule has 0 aliphatic heterocycles. The minimum Gasteiger partial charge on any atom is -0.494 e. The van der Waals surface area contributed by atoms with Crippen LogP contribution in [0.15, 0.2) is 18.2 Å². The zero-order chi connectivity index (χ0) is 15.5. The van der Waals surface area contributed by atoms with Gasteiger partial charge in [0.05, 0.1) is 7.11 Å². The monoisotopic (exact) mass is 293 g/mol. The smallest absolute Gasteiger partial charge is 0.168 e. The number of rotatable bonds is 5. The van der Waals surface area contributed by atoms with E-state index in [1.54, 1.807) is 6.07 Å². The molecule has 0 spiro atoms. The Morgan fingerprint density at radius 1 is 1.24 bits per heavy atom. The Bertz CT molecular complexity index is 467. The maximum absolute atomic E-state index is 14.3. The van der Waals surface area contributed by atoms with Gasteiger partial charge >= 0.3 is 0 Å². The Morgan fingerprint density at radius 2 is 1.95 bits per heavy atom. The maximum atomic E-state index is 14.3. The van der Waals surface area contributed by atoms with Crippen molar-refractivity contribution >= 4 is 0 Å². The second-order valence-electron chi connectivity index (χ2n) is 7.22. The Kier molecular flexibility index (Phi) is 5.26. The van der Waals surface area contributed by atoms with Gasteiger partial charge in [0.25, 0.3) is 0 Å². The molecule has 1 N–H and O–H groups in total. The minimum atomic E-state index is -0.186. The topological polar surface area (TPSA) is 21.3 Å². The van der Waals surface area contributed by atoms with E-state index in [-0.39, 0.29) is 11.4 Å². The fourth-order valence-electron chi connectivity index (χ4n) is 3.24. The summed E-state index contributed by atoms with van der Waals surface area (Å²) in [5, 5.41) is 3.60. The van der Waals surface area contributed by atoms with Gasteiger partial charge in [-0.2, -0.15) is 0 Å². The highest BCUT2D eigenvalue weighted by molar-refractivity contribution is 5.31. The lowest BCUT2D eigenvalue weighted by Gasteiger charge is -2.26. The summed E-state index contributed by atoms with van der Waals surface area (Å²) in [4.78, 5) is 0. The van der Waals surface area contributed by atoms with Crippen molar-refractivity contribution in [3.63, 3.8) is 0 Å². The summed E-state index contributed by atoms with van der Waals surface area (Å²) in [7, 11) is 1.52. The molecule has 0 saturated heterocycles. The van der Waals surface area contributed by atoms with E-state index in [4.69, 9.17) is 4.74 Å². The normalized spacial score (nSPS) is 22.5. The average molecular weight is 293 g/mol. The van der Waals surface area contributed by atoms with Crippen molar-refractivity contribution in [2.45, 2.75) is 52.0 Å².